The lowest BCUT2D eigenvalue weighted by molar-refractivity contribution is 0.108. The van der Waals surface area contributed by atoms with E-state index in [1.54, 1.807) is 30.0 Å². The molecule has 110 valence electrons. The van der Waals surface area contributed by atoms with Crippen molar-refractivity contribution in [2.24, 2.45) is 0 Å². The van der Waals surface area contributed by atoms with Crippen molar-refractivity contribution >= 4 is 11.7 Å². The molecule has 20 heavy (non-hydrogen) atoms. The summed E-state index contributed by atoms with van der Waals surface area (Å²) >= 11 is 0. The zero-order chi connectivity index (χ0) is 14.5. The summed E-state index contributed by atoms with van der Waals surface area (Å²) in [7, 11) is 0. The molecule has 1 aliphatic rings. The number of likely N-dealkylation sites (tertiary alicyclic amines) is 1. The van der Waals surface area contributed by atoms with Crippen LogP contribution >= 0.6 is 0 Å². The van der Waals surface area contributed by atoms with Crippen LogP contribution < -0.4 is 5.32 Å². The Morgan fingerprint density at radius 1 is 1.50 bits per heavy atom. The number of hydrogen-bond acceptors (Lipinski definition) is 2. The predicted octanol–water partition coefficient (Wildman–Crippen LogP) is 2.98. The number of amides is 2. The second-order valence-electron chi connectivity index (χ2n) is 5.34. The Bertz CT molecular complexity index is 465. The van der Waals surface area contributed by atoms with Crippen LogP contribution in [0.5, 0.6) is 0 Å². The molecule has 1 aromatic carbocycles. The number of para-hydroxylation sites is 1. The van der Waals surface area contributed by atoms with Crippen LogP contribution in [0, 0.1) is 5.82 Å². The van der Waals surface area contributed by atoms with Gasteiger partial charge >= 0.3 is 6.03 Å². The number of carbonyl (C=O) groups is 1. The molecule has 1 aliphatic heterocycles. The maximum atomic E-state index is 13.6. The van der Waals surface area contributed by atoms with Gasteiger partial charge in [-0.2, -0.15) is 0 Å². The summed E-state index contributed by atoms with van der Waals surface area (Å²) in [6, 6.07) is 5.86. The molecular weight excluding hydrogens is 259 g/mol. The van der Waals surface area contributed by atoms with Gasteiger partial charge in [0.2, 0.25) is 0 Å². The van der Waals surface area contributed by atoms with Gasteiger partial charge in [-0.15, -0.1) is 0 Å². The highest BCUT2D eigenvalue weighted by molar-refractivity contribution is 5.89. The summed E-state index contributed by atoms with van der Waals surface area (Å²) in [6.07, 6.45) is 3.00. The van der Waals surface area contributed by atoms with Crippen molar-refractivity contribution in [1.29, 1.82) is 0 Å². The number of carbonyl (C=O) groups excluding carboxylic acids is 1. The molecule has 1 fully saturated rings. The number of benzene rings is 1. The highest BCUT2D eigenvalue weighted by Crippen LogP contribution is 2.22. The van der Waals surface area contributed by atoms with E-state index in [1.165, 1.54) is 6.07 Å². The number of nitrogens with zero attached hydrogens (tertiary/aromatic N) is 1. The molecule has 0 aromatic heterocycles. The fourth-order valence-electron chi connectivity index (χ4n) is 2.66. The molecule has 0 spiro atoms. The molecule has 2 atom stereocenters. The molecule has 0 radical (unpaired) electrons. The Balaban J connectivity index is 2.04. The maximum Gasteiger partial charge on any atom is 0.322 e. The molecule has 2 rings (SSSR count). The molecule has 1 saturated heterocycles. The number of hydrogen-bond donors (Lipinski definition) is 2. The van der Waals surface area contributed by atoms with E-state index in [1.807, 2.05) is 0 Å². The summed E-state index contributed by atoms with van der Waals surface area (Å²) in [5.74, 6) is -0.440. The molecule has 1 aromatic rings. The first-order chi connectivity index (χ1) is 9.58. The third kappa shape index (κ3) is 3.70. The van der Waals surface area contributed by atoms with Gasteiger partial charge in [0.15, 0.2) is 0 Å². The highest BCUT2D eigenvalue weighted by Gasteiger charge is 2.27. The molecular formula is C15H21FN2O2. The summed E-state index contributed by atoms with van der Waals surface area (Å²) in [4.78, 5) is 14.0. The van der Waals surface area contributed by atoms with E-state index < -0.39 is 11.9 Å². The zero-order valence-electron chi connectivity index (χ0n) is 11.7. The molecule has 5 heteroatoms. The van der Waals surface area contributed by atoms with E-state index in [4.69, 9.17) is 0 Å². The Kier molecular flexibility index (Phi) is 4.95. The van der Waals surface area contributed by atoms with Crippen LogP contribution in [0.2, 0.25) is 0 Å². The number of nitrogens with one attached hydrogen (secondary N) is 1. The number of anilines is 1. The van der Waals surface area contributed by atoms with Crippen LogP contribution in [0.3, 0.4) is 0 Å². The first-order valence-electron chi connectivity index (χ1n) is 7.08. The second kappa shape index (κ2) is 6.70. The van der Waals surface area contributed by atoms with Gasteiger partial charge < -0.3 is 15.3 Å². The van der Waals surface area contributed by atoms with Crippen LogP contribution in [0.25, 0.3) is 0 Å². The minimum Gasteiger partial charge on any atom is -0.393 e. The minimum atomic E-state index is -0.443. The van der Waals surface area contributed by atoms with Gasteiger partial charge in [-0.3, -0.25) is 0 Å². The number of urea groups is 1. The molecule has 0 bridgehead atoms. The first-order valence-corrected chi connectivity index (χ1v) is 7.08. The zero-order valence-corrected chi connectivity index (χ0v) is 11.7. The minimum absolute atomic E-state index is 0.0236. The summed E-state index contributed by atoms with van der Waals surface area (Å²) in [6.45, 7) is 2.37. The molecule has 2 amide bonds. The van der Waals surface area contributed by atoms with Crippen molar-refractivity contribution in [3.05, 3.63) is 30.1 Å². The first kappa shape index (κ1) is 14.8. The van der Waals surface area contributed by atoms with Crippen LogP contribution in [-0.2, 0) is 0 Å². The standard InChI is InChI=1S/C15H21FN2O2/c1-11(19)10-12-6-4-5-9-18(12)15(20)17-14-8-3-2-7-13(14)16/h2-3,7-8,11-12,19H,4-6,9-10H2,1H3,(H,17,20). The average Bonchev–Trinajstić information content (AvgIpc) is 2.41. The van der Waals surface area contributed by atoms with Crippen molar-refractivity contribution in [3.8, 4) is 0 Å². The summed E-state index contributed by atoms with van der Waals surface area (Å²) in [5.41, 5.74) is 0.193. The van der Waals surface area contributed by atoms with E-state index in [2.05, 4.69) is 5.32 Å². The average molecular weight is 280 g/mol. The Hall–Kier alpha value is -1.62. The summed E-state index contributed by atoms with van der Waals surface area (Å²) in [5, 5.41) is 12.1. The molecule has 2 unspecified atom stereocenters. The van der Waals surface area contributed by atoms with Gasteiger partial charge in [-0.05, 0) is 44.7 Å². The van der Waals surface area contributed by atoms with E-state index >= 15 is 0 Å². The van der Waals surface area contributed by atoms with Crippen molar-refractivity contribution in [3.63, 3.8) is 0 Å². The number of aliphatic hydroxyl groups excluding tert-OH is 1. The second-order valence-corrected chi connectivity index (χ2v) is 5.34. The SMILES string of the molecule is CC(O)CC1CCCCN1C(=O)Nc1ccccc1F. The maximum absolute atomic E-state index is 13.6. The Morgan fingerprint density at radius 2 is 2.25 bits per heavy atom. The van der Waals surface area contributed by atoms with Gasteiger partial charge in [-0.25, -0.2) is 9.18 Å². The van der Waals surface area contributed by atoms with Crippen molar-refractivity contribution in [2.45, 2.75) is 44.8 Å². The monoisotopic (exact) mass is 280 g/mol. The van der Waals surface area contributed by atoms with Gasteiger partial charge in [-0.1, -0.05) is 12.1 Å². The number of aliphatic hydroxyl groups is 1. The van der Waals surface area contributed by atoms with E-state index in [0.29, 0.717) is 13.0 Å². The summed E-state index contributed by atoms with van der Waals surface area (Å²) < 4.78 is 13.6. The van der Waals surface area contributed by atoms with Gasteiger partial charge in [0, 0.05) is 12.6 Å². The fraction of sp³-hybridized carbons (Fsp3) is 0.533. The van der Waals surface area contributed by atoms with Crippen LogP contribution in [0.4, 0.5) is 14.9 Å². The highest BCUT2D eigenvalue weighted by atomic mass is 19.1. The number of halogens is 1. The van der Waals surface area contributed by atoms with Crippen LogP contribution in [0.15, 0.2) is 24.3 Å². The normalized spacial score (nSPS) is 20.6. The largest absolute Gasteiger partial charge is 0.393 e. The van der Waals surface area contributed by atoms with Crippen molar-refractivity contribution in [2.75, 3.05) is 11.9 Å². The van der Waals surface area contributed by atoms with E-state index in [-0.39, 0.29) is 17.8 Å². The van der Waals surface area contributed by atoms with Gasteiger partial charge in [0.25, 0.3) is 0 Å². The van der Waals surface area contributed by atoms with Crippen molar-refractivity contribution < 1.29 is 14.3 Å². The molecule has 2 N–H and O–H groups in total. The van der Waals surface area contributed by atoms with Gasteiger partial charge in [0.1, 0.15) is 5.82 Å². The molecule has 0 aliphatic carbocycles. The Labute approximate surface area is 118 Å². The van der Waals surface area contributed by atoms with Gasteiger partial charge in [0.05, 0.1) is 11.8 Å². The number of rotatable bonds is 3. The Morgan fingerprint density at radius 3 is 2.95 bits per heavy atom. The predicted molar refractivity (Wildman–Crippen MR) is 76.1 cm³/mol. The van der Waals surface area contributed by atoms with Crippen LogP contribution in [0.1, 0.15) is 32.6 Å². The van der Waals surface area contributed by atoms with E-state index in [9.17, 15) is 14.3 Å². The van der Waals surface area contributed by atoms with Crippen molar-refractivity contribution in [1.82, 2.24) is 4.90 Å². The topological polar surface area (TPSA) is 52.6 Å². The number of piperidine rings is 1. The quantitative estimate of drug-likeness (QED) is 0.894. The third-order valence-electron chi connectivity index (χ3n) is 3.62. The molecule has 1 heterocycles. The fourth-order valence-corrected chi connectivity index (χ4v) is 2.66. The molecule has 0 saturated carbocycles. The smallest absolute Gasteiger partial charge is 0.322 e. The molecule has 4 nitrogen and oxygen atoms in total. The lowest BCUT2D eigenvalue weighted by Gasteiger charge is -2.36. The lowest BCUT2D eigenvalue weighted by Crippen LogP contribution is -2.47. The van der Waals surface area contributed by atoms with Crippen LogP contribution in [-0.4, -0.2) is 34.7 Å². The third-order valence-corrected chi connectivity index (χ3v) is 3.62. The lowest BCUT2D eigenvalue weighted by atomic mass is 9.97. The van der Waals surface area contributed by atoms with E-state index in [0.717, 1.165) is 19.3 Å².